The molecule has 1 saturated carbocycles. The smallest absolute Gasteiger partial charge is 0.253 e. The minimum absolute atomic E-state index is 0.0909. The zero-order valence-electron chi connectivity index (χ0n) is 16.3. The first-order valence-corrected chi connectivity index (χ1v) is 10.2. The molecule has 1 aromatic heterocycles. The van der Waals surface area contributed by atoms with Gasteiger partial charge in [-0.3, -0.25) is 9.59 Å². The van der Waals surface area contributed by atoms with Crippen LogP contribution in [0.3, 0.4) is 0 Å². The average Bonchev–Trinajstić information content (AvgIpc) is 3.24. The van der Waals surface area contributed by atoms with Gasteiger partial charge in [0.15, 0.2) is 0 Å². The Hall–Kier alpha value is -2.64. The van der Waals surface area contributed by atoms with Crippen LogP contribution in [0.15, 0.2) is 42.6 Å². The zero-order valence-corrected chi connectivity index (χ0v) is 16.3. The molecule has 3 aliphatic rings. The molecule has 7 heteroatoms. The van der Waals surface area contributed by atoms with Crippen LogP contribution in [0.5, 0.6) is 0 Å². The Morgan fingerprint density at radius 2 is 1.62 bits per heavy atom. The molecule has 0 spiro atoms. The highest BCUT2D eigenvalue weighted by atomic mass is 16.6. The molecule has 7 nitrogen and oxygen atoms in total. The third-order valence-corrected chi connectivity index (χ3v) is 6.07. The summed E-state index contributed by atoms with van der Waals surface area (Å²) in [7, 11) is 0. The second-order valence-electron chi connectivity index (χ2n) is 8.09. The molecule has 0 radical (unpaired) electrons. The Morgan fingerprint density at radius 3 is 2.28 bits per heavy atom. The summed E-state index contributed by atoms with van der Waals surface area (Å²) in [5.41, 5.74) is 2.53. The molecule has 152 valence electrons. The molecule has 5 rings (SSSR count). The van der Waals surface area contributed by atoms with Gasteiger partial charge in [-0.25, -0.2) is 0 Å². The van der Waals surface area contributed by atoms with Crippen molar-refractivity contribution in [2.75, 3.05) is 13.2 Å². The molecule has 3 heterocycles. The topological polar surface area (TPSA) is 81.6 Å². The lowest BCUT2D eigenvalue weighted by atomic mass is 10.1. The summed E-state index contributed by atoms with van der Waals surface area (Å²) < 4.78 is 13.8. The average molecular weight is 395 g/mol. The lowest BCUT2D eigenvalue weighted by molar-refractivity contribution is -0.123. The van der Waals surface area contributed by atoms with Crippen molar-refractivity contribution >= 4 is 11.8 Å². The van der Waals surface area contributed by atoms with Gasteiger partial charge < -0.3 is 24.7 Å². The van der Waals surface area contributed by atoms with Crippen molar-refractivity contribution in [1.82, 2.24) is 15.2 Å². The van der Waals surface area contributed by atoms with Crippen LogP contribution in [0.25, 0.3) is 5.69 Å². The lowest BCUT2D eigenvalue weighted by Gasteiger charge is -2.18. The normalized spacial score (nSPS) is 28.2. The molecule has 2 N–H and O–H groups in total. The molecule has 1 aromatic carbocycles. The molecule has 2 aromatic rings. The van der Waals surface area contributed by atoms with Gasteiger partial charge in [0.25, 0.3) is 5.91 Å². The van der Waals surface area contributed by atoms with Crippen LogP contribution >= 0.6 is 0 Å². The van der Waals surface area contributed by atoms with E-state index in [1.54, 1.807) is 0 Å². The summed E-state index contributed by atoms with van der Waals surface area (Å²) in [6.45, 7) is 2.74. The first-order chi connectivity index (χ1) is 14.1. The quantitative estimate of drug-likeness (QED) is 0.805. The van der Waals surface area contributed by atoms with Crippen LogP contribution < -0.4 is 10.6 Å². The fraction of sp³-hybridized carbons (Fsp3) is 0.455. The number of aromatic nitrogens is 1. The van der Waals surface area contributed by atoms with Gasteiger partial charge in [0.2, 0.25) is 5.91 Å². The molecule has 4 unspecified atom stereocenters. The van der Waals surface area contributed by atoms with Crippen LogP contribution in [-0.2, 0) is 14.3 Å². The minimum atomic E-state index is -0.236. The second kappa shape index (κ2) is 7.31. The molecular formula is C22H25N3O4. The molecule has 2 amide bonds. The maximum absolute atomic E-state index is 12.9. The van der Waals surface area contributed by atoms with E-state index >= 15 is 0 Å². The zero-order chi connectivity index (χ0) is 20.0. The minimum Gasteiger partial charge on any atom is -0.371 e. The van der Waals surface area contributed by atoms with E-state index in [0.717, 1.165) is 24.2 Å². The predicted octanol–water partition coefficient (Wildman–Crippen LogP) is 1.58. The molecule has 3 fully saturated rings. The third-order valence-electron chi connectivity index (χ3n) is 6.07. The van der Waals surface area contributed by atoms with Crippen LogP contribution in [0.4, 0.5) is 0 Å². The second-order valence-corrected chi connectivity index (χ2v) is 8.09. The summed E-state index contributed by atoms with van der Waals surface area (Å²) in [5.74, 6) is 0.108. The van der Waals surface area contributed by atoms with Crippen LogP contribution in [-0.4, -0.2) is 53.9 Å². The number of amides is 2. The number of fused-ring (bicyclic) bond motifs is 1. The highest BCUT2D eigenvalue weighted by Gasteiger charge is 2.49. The van der Waals surface area contributed by atoms with Gasteiger partial charge in [0.1, 0.15) is 12.2 Å². The van der Waals surface area contributed by atoms with Gasteiger partial charge in [-0.15, -0.1) is 0 Å². The first kappa shape index (κ1) is 18.4. The van der Waals surface area contributed by atoms with E-state index in [1.807, 2.05) is 54.1 Å². The van der Waals surface area contributed by atoms with Crippen LogP contribution in [0.2, 0.25) is 0 Å². The number of carbonyl (C=O) groups excluding carboxylic acids is 2. The monoisotopic (exact) mass is 395 g/mol. The molecule has 0 bridgehead atoms. The van der Waals surface area contributed by atoms with Gasteiger partial charge >= 0.3 is 0 Å². The van der Waals surface area contributed by atoms with E-state index in [9.17, 15) is 9.59 Å². The van der Waals surface area contributed by atoms with Crippen molar-refractivity contribution in [1.29, 1.82) is 0 Å². The van der Waals surface area contributed by atoms with Crippen molar-refractivity contribution in [3.63, 3.8) is 0 Å². The Morgan fingerprint density at radius 1 is 0.966 bits per heavy atom. The van der Waals surface area contributed by atoms with E-state index in [1.165, 1.54) is 0 Å². The summed E-state index contributed by atoms with van der Waals surface area (Å²) in [6, 6.07) is 11.4. The number of nitrogens with zero attached hydrogens (tertiary/aromatic N) is 1. The molecular weight excluding hydrogens is 370 g/mol. The number of hydrogen-bond acceptors (Lipinski definition) is 4. The fourth-order valence-corrected chi connectivity index (χ4v) is 4.26. The number of rotatable bonds is 5. The molecule has 4 atom stereocenters. The Kier molecular flexibility index (Phi) is 4.64. The van der Waals surface area contributed by atoms with E-state index in [2.05, 4.69) is 10.6 Å². The SMILES string of the molecule is Cc1c(C(=O)NC2COC3C(NC(=O)C4CC4)COC23)ccn1-c1ccccc1. The number of para-hydroxylation sites is 1. The van der Waals surface area contributed by atoms with E-state index in [0.29, 0.717) is 18.8 Å². The molecule has 2 saturated heterocycles. The summed E-state index contributed by atoms with van der Waals surface area (Å²) >= 11 is 0. The van der Waals surface area contributed by atoms with Gasteiger partial charge in [-0.05, 0) is 38.0 Å². The number of carbonyl (C=O) groups is 2. The van der Waals surface area contributed by atoms with Gasteiger partial charge in [0, 0.05) is 23.5 Å². The molecule has 2 aliphatic heterocycles. The van der Waals surface area contributed by atoms with Crippen molar-refractivity contribution < 1.29 is 19.1 Å². The Labute approximate surface area is 169 Å². The highest BCUT2D eigenvalue weighted by Crippen LogP contribution is 2.31. The fourth-order valence-electron chi connectivity index (χ4n) is 4.26. The van der Waals surface area contributed by atoms with Crippen molar-refractivity contribution in [3.05, 3.63) is 53.9 Å². The standard InChI is InChI=1S/C22H25N3O4/c1-13-16(9-10-25(13)15-5-3-2-4-6-15)22(27)24-18-12-29-19-17(11-28-20(18)19)23-21(26)14-7-8-14/h2-6,9-10,14,17-20H,7-8,11-12H2,1H3,(H,23,26)(H,24,27). The summed E-state index contributed by atoms with van der Waals surface area (Å²) in [4.78, 5) is 25.0. The number of ether oxygens (including phenoxy) is 2. The van der Waals surface area contributed by atoms with Gasteiger partial charge in [-0.2, -0.15) is 0 Å². The Balaban J connectivity index is 1.24. The first-order valence-electron chi connectivity index (χ1n) is 10.2. The third kappa shape index (κ3) is 3.45. The van der Waals surface area contributed by atoms with Crippen molar-refractivity contribution in [2.45, 2.75) is 44.1 Å². The lowest BCUT2D eigenvalue weighted by Crippen LogP contribution is -2.47. The number of nitrogens with one attached hydrogen (secondary N) is 2. The number of benzene rings is 1. The number of hydrogen-bond donors (Lipinski definition) is 2. The molecule has 29 heavy (non-hydrogen) atoms. The van der Waals surface area contributed by atoms with Gasteiger partial charge in [-0.1, -0.05) is 18.2 Å². The van der Waals surface area contributed by atoms with Crippen molar-refractivity contribution in [3.8, 4) is 5.69 Å². The van der Waals surface area contributed by atoms with Crippen LogP contribution in [0.1, 0.15) is 28.9 Å². The van der Waals surface area contributed by atoms with Crippen molar-refractivity contribution in [2.24, 2.45) is 5.92 Å². The largest absolute Gasteiger partial charge is 0.371 e. The van der Waals surface area contributed by atoms with Crippen LogP contribution in [0, 0.1) is 12.8 Å². The maximum atomic E-state index is 12.9. The van der Waals surface area contributed by atoms with E-state index in [4.69, 9.17) is 9.47 Å². The predicted molar refractivity (Wildman–Crippen MR) is 106 cm³/mol. The van der Waals surface area contributed by atoms with E-state index < -0.39 is 0 Å². The molecule has 1 aliphatic carbocycles. The maximum Gasteiger partial charge on any atom is 0.253 e. The van der Waals surface area contributed by atoms with E-state index in [-0.39, 0.29) is 42.0 Å². The summed E-state index contributed by atoms with van der Waals surface area (Å²) in [5, 5.41) is 6.11. The Bertz CT molecular complexity index is 921. The highest BCUT2D eigenvalue weighted by molar-refractivity contribution is 5.95. The summed E-state index contributed by atoms with van der Waals surface area (Å²) in [6.07, 6.45) is 3.39. The van der Waals surface area contributed by atoms with Gasteiger partial charge in [0.05, 0.1) is 30.9 Å².